The van der Waals surface area contributed by atoms with Crippen LogP contribution in [0.1, 0.15) is 35.8 Å². The van der Waals surface area contributed by atoms with E-state index in [1.165, 1.54) is 6.33 Å². The first kappa shape index (κ1) is 24.3. The van der Waals surface area contributed by atoms with E-state index in [9.17, 15) is 9.00 Å². The zero-order chi connectivity index (χ0) is 24.9. The first-order valence-corrected chi connectivity index (χ1v) is 12.5. The van der Waals surface area contributed by atoms with Crippen LogP contribution in [-0.4, -0.2) is 61.7 Å². The summed E-state index contributed by atoms with van der Waals surface area (Å²) in [6, 6.07) is 3.47. The van der Waals surface area contributed by atoms with Gasteiger partial charge in [-0.25, -0.2) is 19.9 Å². The number of rotatable bonds is 9. The Kier molecular flexibility index (Phi) is 7.39. The lowest BCUT2D eigenvalue weighted by Gasteiger charge is -2.16. The van der Waals surface area contributed by atoms with Gasteiger partial charge in [0.05, 0.1) is 46.4 Å². The van der Waals surface area contributed by atoms with E-state index in [0.717, 1.165) is 18.5 Å². The van der Waals surface area contributed by atoms with Crippen molar-refractivity contribution in [1.29, 1.82) is 0 Å². The molecule has 0 aliphatic heterocycles. The number of nitrogens with one attached hydrogen (secondary N) is 2. The van der Waals surface area contributed by atoms with Gasteiger partial charge < -0.3 is 15.4 Å². The number of aromatic nitrogens is 5. The molecule has 1 saturated carbocycles. The van der Waals surface area contributed by atoms with E-state index >= 15 is 0 Å². The zero-order valence-corrected chi connectivity index (χ0v) is 20.7. The maximum atomic E-state index is 11.7. The van der Waals surface area contributed by atoms with Gasteiger partial charge in [-0.2, -0.15) is 0 Å². The third kappa shape index (κ3) is 5.48. The number of ether oxygens (including phenoxy) is 1. The van der Waals surface area contributed by atoms with Crippen LogP contribution in [0.15, 0.2) is 34.5 Å². The highest BCUT2D eigenvalue weighted by Crippen LogP contribution is 2.45. The largest absolute Gasteiger partial charge is 0.480 e. The van der Waals surface area contributed by atoms with Crippen LogP contribution in [0.4, 0.5) is 11.5 Å². The fourth-order valence-corrected chi connectivity index (χ4v) is 3.96. The van der Waals surface area contributed by atoms with Crippen LogP contribution in [0.5, 0.6) is 5.88 Å². The molecule has 3 aromatic rings. The normalized spacial score (nSPS) is 14.3. The number of hydrogen-bond acceptors (Lipinski definition) is 10. The summed E-state index contributed by atoms with van der Waals surface area (Å²) >= 11 is 0. The molecule has 0 amide bonds. The second kappa shape index (κ2) is 10.6. The number of aliphatic imine (C=N–C) groups is 1. The Labute approximate surface area is 205 Å². The van der Waals surface area contributed by atoms with Crippen LogP contribution >= 0.6 is 0 Å². The third-order valence-electron chi connectivity index (χ3n) is 5.46. The Morgan fingerprint density at radius 2 is 2.06 bits per heavy atom. The molecule has 0 saturated heterocycles. The molecule has 1 atom stereocenters. The van der Waals surface area contributed by atoms with Gasteiger partial charge in [-0.3, -0.25) is 19.0 Å². The minimum absolute atomic E-state index is 0.102. The molecule has 0 aromatic carbocycles. The van der Waals surface area contributed by atoms with Crippen molar-refractivity contribution in [3.8, 4) is 17.3 Å². The quantitative estimate of drug-likeness (QED) is 0.259. The second-order valence-corrected chi connectivity index (χ2v) is 9.29. The van der Waals surface area contributed by atoms with Gasteiger partial charge in [0.1, 0.15) is 17.6 Å². The molecule has 11 nitrogen and oxygen atoms in total. The fraction of sp³-hybridized carbons (Fsp3) is 0.348. The van der Waals surface area contributed by atoms with E-state index in [2.05, 4.69) is 40.5 Å². The molecule has 4 rings (SSSR count). The predicted octanol–water partition coefficient (Wildman–Crippen LogP) is 2.51. The molecule has 0 spiro atoms. The summed E-state index contributed by atoms with van der Waals surface area (Å²) in [5.74, 6) is 1.80. The number of amidine groups is 1. The molecule has 3 aromatic heterocycles. The number of pyridine rings is 1. The van der Waals surface area contributed by atoms with Gasteiger partial charge in [0.15, 0.2) is 23.8 Å². The van der Waals surface area contributed by atoms with Gasteiger partial charge in [-0.1, -0.05) is 0 Å². The number of aryl methyl sites for hydroxylation is 1. The number of nitrogens with zero attached hydrogens (tertiary/aromatic N) is 6. The Hall–Kier alpha value is -3.80. The van der Waals surface area contributed by atoms with Crippen LogP contribution in [0, 0.1) is 6.92 Å². The molecule has 1 aliphatic carbocycles. The third-order valence-corrected chi connectivity index (χ3v) is 6.36. The monoisotopic (exact) mass is 494 g/mol. The first-order valence-electron chi connectivity index (χ1n) is 11.0. The highest BCUT2D eigenvalue weighted by atomic mass is 32.2. The minimum Gasteiger partial charge on any atom is -0.480 e. The number of aldehydes is 1. The van der Waals surface area contributed by atoms with Gasteiger partial charge in [-0.05, 0) is 31.9 Å². The summed E-state index contributed by atoms with van der Waals surface area (Å²) in [4.78, 5) is 39.0. The summed E-state index contributed by atoms with van der Waals surface area (Å²) in [5.41, 5.74) is 3.32. The summed E-state index contributed by atoms with van der Waals surface area (Å²) in [5, 5.41) is 6.09. The Morgan fingerprint density at radius 1 is 1.26 bits per heavy atom. The maximum absolute atomic E-state index is 11.7. The summed E-state index contributed by atoms with van der Waals surface area (Å²) in [6.45, 7) is 1.99. The molecular weight excluding hydrogens is 468 g/mol. The number of carbonyl (C=O) groups is 1. The van der Waals surface area contributed by atoms with E-state index in [-0.39, 0.29) is 12.4 Å². The fourth-order valence-electron chi connectivity index (χ4n) is 3.50. The number of hydrogen-bond donors (Lipinski definition) is 2. The lowest BCUT2D eigenvalue weighted by Crippen LogP contribution is -2.18. The Morgan fingerprint density at radius 3 is 2.66 bits per heavy atom. The van der Waals surface area contributed by atoms with E-state index < -0.39 is 10.8 Å². The Bertz CT molecular complexity index is 1290. The highest BCUT2D eigenvalue weighted by Gasteiger charge is 2.31. The SMILES string of the molecule is CNc1nc(-c2c(OC)ncnc2C2CC2)nc(C)c1NC(C=O)=NCc1ccc(S(C)=O)cn1. The minimum atomic E-state index is -1.11. The van der Waals surface area contributed by atoms with Crippen molar-refractivity contribution >= 4 is 34.4 Å². The highest BCUT2D eigenvalue weighted by molar-refractivity contribution is 7.84. The molecule has 0 radical (unpaired) electrons. The molecule has 3 heterocycles. The first-order chi connectivity index (χ1) is 16.9. The molecule has 12 heteroatoms. The predicted molar refractivity (Wildman–Crippen MR) is 133 cm³/mol. The summed E-state index contributed by atoms with van der Waals surface area (Å²) in [7, 11) is 2.18. The van der Waals surface area contributed by atoms with Crippen molar-refractivity contribution in [3.05, 3.63) is 41.7 Å². The van der Waals surface area contributed by atoms with Crippen molar-refractivity contribution in [1.82, 2.24) is 24.9 Å². The molecule has 1 aliphatic rings. The van der Waals surface area contributed by atoms with Gasteiger partial charge in [0, 0.05) is 25.4 Å². The number of carbonyl (C=O) groups excluding carboxylic acids is 1. The van der Waals surface area contributed by atoms with E-state index in [1.807, 2.05) is 6.92 Å². The average molecular weight is 495 g/mol. The van der Waals surface area contributed by atoms with Crippen LogP contribution in [0.3, 0.4) is 0 Å². The van der Waals surface area contributed by atoms with Gasteiger partial charge in [-0.15, -0.1) is 0 Å². The molecule has 35 heavy (non-hydrogen) atoms. The lowest BCUT2D eigenvalue weighted by atomic mass is 10.1. The van der Waals surface area contributed by atoms with E-state index in [1.54, 1.807) is 38.7 Å². The standard InChI is InChI=1S/C23H26N8O3S/c1-13-19(30-17(11-32)26-9-15-7-8-16(10-25-15)35(4)33)22(24-2)31-21(29-13)18-20(14-5-6-14)27-12-28-23(18)34-3/h7-8,10-12,14H,5-6,9H2,1-4H3,(H,26,30)(H,24,29,31). The van der Waals surface area contributed by atoms with Gasteiger partial charge in [0.2, 0.25) is 5.88 Å². The van der Waals surface area contributed by atoms with Crippen molar-refractivity contribution < 1.29 is 13.7 Å². The summed E-state index contributed by atoms with van der Waals surface area (Å²) in [6.07, 6.45) is 7.36. The van der Waals surface area contributed by atoms with Crippen LogP contribution in [0.2, 0.25) is 0 Å². The van der Waals surface area contributed by atoms with Crippen molar-refractivity contribution in [2.45, 2.75) is 37.1 Å². The molecule has 182 valence electrons. The average Bonchev–Trinajstić information content (AvgIpc) is 3.72. The maximum Gasteiger partial charge on any atom is 0.227 e. The van der Waals surface area contributed by atoms with Gasteiger partial charge >= 0.3 is 0 Å². The molecule has 1 fully saturated rings. The van der Waals surface area contributed by atoms with Crippen molar-refractivity contribution in [3.63, 3.8) is 0 Å². The number of methoxy groups -OCH3 is 1. The molecule has 1 unspecified atom stereocenters. The van der Waals surface area contributed by atoms with Crippen molar-refractivity contribution in [2.24, 2.45) is 4.99 Å². The second-order valence-electron chi connectivity index (χ2n) is 7.91. The van der Waals surface area contributed by atoms with Crippen LogP contribution in [-0.2, 0) is 22.1 Å². The van der Waals surface area contributed by atoms with E-state index in [4.69, 9.17) is 4.74 Å². The number of anilines is 2. The lowest BCUT2D eigenvalue weighted by molar-refractivity contribution is -0.102. The zero-order valence-electron chi connectivity index (χ0n) is 19.9. The smallest absolute Gasteiger partial charge is 0.227 e. The van der Waals surface area contributed by atoms with Crippen LogP contribution < -0.4 is 15.4 Å². The molecule has 0 bridgehead atoms. The topological polar surface area (TPSA) is 144 Å². The van der Waals surface area contributed by atoms with E-state index in [0.29, 0.717) is 57.3 Å². The molecule has 2 N–H and O–H groups in total. The van der Waals surface area contributed by atoms with Crippen molar-refractivity contribution in [2.75, 3.05) is 31.0 Å². The summed E-state index contributed by atoms with van der Waals surface area (Å²) < 4.78 is 17.0. The van der Waals surface area contributed by atoms with Crippen LogP contribution in [0.25, 0.3) is 11.4 Å². The van der Waals surface area contributed by atoms with Gasteiger partial charge in [0.25, 0.3) is 0 Å². The Balaban J connectivity index is 1.63. The molecular formula is C23H26N8O3S.